The highest BCUT2D eigenvalue weighted by Crippen LogP contribution is 2.36. The van der Waals surface area contributed by atoms with Crippen molar-refractivity contribution in [1.82, 2.24) is 9.88 Å². The summed E-state index contributed by atoms with van der Waals surface area (Å²) in [6, 6.07) is 11.0. The molecule has 3 aromatic rings. The van der Waals surface area contributed by atoms with E-state index < -0.39 is 6.36 Å². The molecule has 186 valence electrons. The normalized spacial score (nSPS) is 13.2. The second-order valence-electron chi connectivity index (χ2n) is 7.41. The molecule has 0 saturated heterocycles. The van der Waals surface area contributed by atoms with Crippen LogP contribution in [0.5, 0.6) is 17.2 Å². The van der Waals surface area contributed by atoms with E-state index in [1.165, 1.54) is 42.7 Å². The minimum atomic E-state index is -4.76. The first-order valence-corrected chi connectivity index (χ1v) is 11.4. The lowest BCUT2D eigenvalue weighted by Crippen LogP contribution is -2.29. The topological polar surface area (TPSA) is 83.3 Å². The molecule has 1 amide bonds. The standard InChI is InChI=1S/C23H22F3N3O5S/c1-31-12-21(30)27-9-2-10-29-18(15-3-8-19-20(11-15)33-14-32-19)13-35-22(29)28-16-4-6-17(7-5-16)34-23(24,25)26/h3-8,11,13H,2,9-10,12,14H2,1H3,(H,27,30)/b28-22-. The Bertz CT molecular complexity index is 1240. The summed E-state index contributed by atoms with van der Waals surface area (Å²) in [5.41, 5.74) is 2.25. The Balaban J connectivity index is 1.60. The minimum Gasteiger partial charge on any atom is -0.454 e. The lowest BCUT2D eigenvalue weighted by Gasteiger charge is -2.11. The predicted octanol–water partition coefficient (Wildman–Crippen LogP) is 4.23. The van der Waals surface area contributed by atoms with E-state index in [-0.39, 0.29) is 25.1 Å². The summed E-state index contributed by atoms with van der Waals surface area (Å²) >= 11 is 1.39. The Hall–Kier alpha value is -3.51. The number of benzene rings is 2. The highest BCUT2D eigenvalue weighted by atomic mass is 32.1. The van der Waals surface area contributed by atoms with Crippen molar-refractivity contribution in [2.75, 3.05) is 27.1 Å². The van der Waals surface area contributed by atoms with Crippen molar-refractivity contribution in [1.29, 1.82) is 0 Å². The van der Waals surface area contributed by atoms with Crippen LogP contribution in [0.1, 0.15) is 6.42 Å². The number of amides is 1. The quantitative estimate of drug-likeness (QED) is 0.437. The average molecular weight is 510 g/mol. The maximum absolute atomic E-state index is 12.4. The fraction of sp³-hybridized carbons (Fsp3) is 0.304. The lowest BCUT2D eigenvalue weighted by atomic mass is 10.1. The fourth-order valence-electron chi connectivity index (χ4n) is 3.40. The molecule has 0 atom stereocenters. The summed E-state index contributed by atoms with van der Waals surface area (Å²) in [5.74, 6) is 0.793. The van der Waals surface area contributed by atoms with Crippen molar-refractivity contribution in [3.63, 3.8) is 0 Å². The van der Waals surface area contributed by atoms with Crippen LogP contribution >= 0.6 is 11.3 Å². The number of hydrogen-bond donors (Lipinski definition) is 1. The number of halogens is 3. The van der Waals surface area contributed by atoms with Crippen LogP contribution in [-0.4, -0.2) is 43.9 Å². The number of rotatable bonds is 9. The molecule has 0 unspecified atom stereocenters. The van der Waals surface area contributed by atoms with Gasteiger partial charge in [-0.1, -0.05) is 0 Å². The van der Waals surface area contributed by atoms with Crippen molar-refractivity contribution in [2.45, 2.75) is 19.3 Å². The van der Waals surface area contributed by atoms with Crippen LogP contribution in [0.15, 0.2) is 52.8 Å². The van der Waals surface area contributed by atoms with Gasteiger partial charge in [-0.25, -0.2) is 4.99 Å². The lowest BCUT2D eigenvalue weighted by molar-refractivity contribution is -0.274. The molecular weight excluding hydrogens is 487 g/mol. The third kappa shape index (κ3) is 6.55. The van der Waals surface area contributed by atoms with Crippen molar-refractivity contribution in [3.05, 3.63) is 52.6 Å². The van der Waals surface area contributed by atoms with Gasteiger partial charge in [0, 0.05) is 31.1 Å². The number of alkyl halides is 3. The van der Waals surface area contributed by atoms with E-state index in [9.17, 15) is 18.0 Å². The number of hydrogen-bond acceptors (Lipinski definition) is 7. The number of thiazole rings is 1. The van der Waals surface area contributed by atoms with Gasteiger partial charge in [-0.05, 0) is 48.9 Å². The zero-order chi connectivity index (χ0) is 24.8. The van der Waals surface area contributed by atoms with Gasteiger partial charge < -0.3 is 28.8 Å². The Kier molecular flexibility index (Phi) is 7.61. The number of aromatic nitrogens is 1. The molecular formula is C23H22F3N3O5S. The molecule has 0 aliphatic carbocycles. The van der Waals surface area contributed by atoms with Gasteiger partial charge in [-0.15, -0.1) is 24.5 Å². The van der Waals surface area contributed by atoms with E-state index in [2.05, 4.69) is 15.0 Å². The highest BCUT2D eigenvalue weighted by Gasteiger charge is 2.31. The van der Waals surface area contributed by atoms with Gasteiger partial charge in [0.25, 0.3) is 0 Å². The van der Waals surface area contributed by atoms with Crippen LogP contribution in [0.4, 0.5) is 18.9 Å². The predicted molar refractivity (Wildman–Crippen MR) is 122 cm³/mol. The van der Waals surface area contributed by atoms with Crippen LogP contribution in [0.2, 0.25) is 0 Å². The molecule has 8 nitrogen and oxygen atoms in total. The largest absolute Gasteiger partial charge is 0.573 e. The number of fused-ring (bicyclic) bond motifs is 1. The Labute approximate surface area is 202 Å². The number of nitrogens with zero attached hydrogens (tertiary/aromatic N) is 2. The smallest absolute Gasteiger partial charge is 0.454 e. The summed E-state index contributed by atoms with van der Waals surface area (Å²) < 4.78 is 58.9. The Morgan fingerprint density at radius 1 is 1.17 bits per heavy atom. The SMILES string of the molecule is COCC(=O)NCCCn1c(-c2ccc3c(c2)OCO3)cs/c1=N\c1ccc(OC(F)(F)F)cc1. The number of methoxy groups -OCH3 is 1. The molecule has 0 bridgehead atoms. The van der Waals surface area contributed by atoms with Gasteiger partial charge in [-0.2, -0.15) is 0 Å². The van der Waals surface area contributed by atoms with Crippen molar-refractivity contribution >= 4 is 22.9 Å². The summed E-state index contributed by atoms with van der Waals surface area (Å²) in [7, 11) is 1.45. The van der Waals surface area contributed by atoms with Gasteiger partial charge in [0.1, 0.15) is 12.4 Å². The molecule has 0 radical (unpaired) electrons. The van der Waals surface area contributed by atoms with Gasteiger partial charge in [0.2, 0.25) is 12.7 Å². The molecule has 0 spiro atoms. The van der Waals surface area contributed by atoms with E-state index in [0.717, 1.165) is 11.3 Å². The second kappa shape index (κ2) is 10.8. The molecule has 0 fully saturated rings. The first-order chi connectivity index (χ1) is 16.8. The molecule has 1 aliphatic heterocycles. The third-order valence-electron chi connectivity index (χ3n) is 4.92. The van der Waals surface area contributed by atoms with E-state index in [0.29, 0.717) is 41.5 Å². The summed E-state index contributed by atoms with van der Waals surface area (Å²) in [6.07, 6.45) is -4.14. The van der Waals surface area contributed by atoms with Gasteiger partial charge in [0.15, 0.2) is 16.3 Å². The zero-order valence-electron chi connectivity index (χ0n) is 18.6. The summed E-state index contributed by atoms with van der Waals surface area (Å²) in [5, 5.41) is 4.73. The first-order valence-electron chi connectivity index (χ1n) is 10.6. The van der Waals surface area contributed by atoms with E-state index >= 15 is 0 Å². The maximum atomic E-state index is 12.4. The number of ether oxygens (including phenoxy) is 4. The molecule has 1 aliphatic rings. The van der Waals surface area contributed by atoms with Crippen LogP contribution in [-0.2, 0) is 16.1 Å². The molecule has 2 aromatic carbocycles. The summed E-state index contributed by atoms with van der Waals surface area (Å²) in [6.45, 7) is 1.13. The Morgan fingerprint density at radius 3 is 2.69 bits per heavy atom. The first kappa shape index (κ1) is 24.6. The van der Waals surface area contributed by atoms with Crippen LogP contribution in [0.25, 0.3) is 11.3 Å². The average Bonchev–Trinajstić information content (AvgIpc) is 3.43. The van der Waals surface area contributed by atoms with Crippen molar-refractivity contribution in [3.8, 4) is 28.5 Å². The van der Waals surface area contributed by atoms with Crippen LogP contribution in [0.3, 0.4) is 0 Å². The van der Waals surface area contributed by atoms with Gasteiger partial charge >= 0.3 is 6.36 Å². The fourth-order valence-corrected chi connectivity index (χ4v) is 4.36. The Morgan fingerprint density at radius 2 is 1.94 bits per heavy atom. The minimum absolute atomic E-state index is 0.0112. The number of carbonyl (C=O) groups excluding carboxylic acids is 1. The van der Waals surface area contributed by atoms with Gasteiger partial charge in [-0.3, -0.25) is 4.79 Å². The van der Waals surface area contributed by atoms with E-state index in [1.54, 1.807) is 0 Å². The monoisotopic (exact) mass is 509 g/mol. The molecule has 1 N–H and O–H groups in total. The zero-order valence-corrected chi connectivity index (χ0v) is 19.4. The number of carbonyl (C=O) groups is 1. The molecule has 1 aromatic heterocycles. The molecule has 4 rings (SSSR count). The maximum Gasteiger partial charge on any atom is 0.573 e. The van der Waals surface area contributed by atoms with Crippen molar-refractivity contribution in [2.24, 2.45) is 4.99 Å². The van der Waals surface area contributed by atoms with Crippen LogP contribution in [0, 0.1) is 0 Å². The third-order valence-corrected chi connectivity index (χ3v) is 5.78. The molecule has 12 heteroatoms. The molecule has 35 heavy (non-hydrogen) atoms. The highest BCUT2D eigenvalue weighted by molar-refractivity contribution is 7.07. The van der Waals surface area contributed by atoms with Crippen molar-refractivity contribution < 1.29 is 36.9 Å². The van der Waals surface area contributed by atoms with Crippen LogP contribution < -0.4 is 24.3 Å². The molecule has 0 saturated carbocycles. The van der Waals surface area contributed by atoms with E-state index in [1.807, 2.05) is 28.1 Å². The summed E-state index contributed by atoms with van der Waals surface area (Å²) in [4.78, 5) is 16.9. The van der Waals surface area contributed by atoms with Gasteiger partial charge in [0.05, 0.1) is 11.4 Å². The number of nitrogens with one attached hydrogen (secondary N) is 1. The van der Waals surface area contributed by atoms with E-state index in [4.69, 9.17) is 14.2 Å². The second-order valence-corrected chi connectivity index (χ2v) is 8.25. The molecule has 2 heterocycles.